The molecule has 0 saturated carbocycles. The molecule has 0 aromatic heterocycles. The molecule has 2 N–H and O–H groups in total. The first-order valence-corrected chi connectivity index (χ1v) is 7.02. The Balaban J connectivity index is 0.00000162. The molecule has 6 heteroatoms. The van der Waals surface area contributed by atoms with Crippen molar-refractivity contribution < 1.29 is 4.74 Å². The lowest BCUT2D eigenvalue weighted by molar-refractivity contribution is 0.0992. The van der Waals surface area contributed by atoms with Crippen molar-refractivity contribution in [2.24, 2.45) is 4.99 Å². The molecule has 3 atom stereocenters. The summed E-state index contributed by atoms with van der Waals surface area (Å²) in [5, 5.41) is 6.70. The van der Waals surface area contributed by atoms with Crippen molar-refractivity contribution in [3.63, 3.8) is 0 Å². The molecule has 0 aliphatic carbocycles. The van der Waals surface area contributed by atoms with Gasteiger partial charge in [0, 0.05) is 11.0 Å². The molecule has 2 heterocycles. The van der Waals surface area contributed by atoms with E-state index in [2.05, 4.69) is 45.1 Å². The third-order valence-electron chi connectivity index (χ3n) is 3.18. The molecule has 0 aromatic carbocycles. The maximum Gasteiger partial charge on any atom is 0.191 e. The van der Waals surface area contributed by atoms with Gasteiger partial charge >= 0.3 is 0 Å². The molecular weight excluding hydrogens is 409 g/mol. The number of fused-ring (bicyclic) bond motifs is 2. The fourth-order valence-corrected chi connectivity index (χ4v) is 2.58. The number of aliphatic imine (C=N–C) groups is 1. The Hall–Kier alpha value is 0.180. The van der Waals surface area contributed by atoms with Gasteiger partial charge in [0.1, 0.15) is 0 Å². The van der Waals surface area contributed by atoms with E-state index in [4.69, 9.17) is 4.74 Å². The lowest BCUT2D eigenvalue weighted by atomic mass is 9.96. The summed E-state index contributed by atoms with van der Waals surface area (Å²) in [5.41, 5.74) is 0. The quantitative estimate of drug-likeness (QED) is 0.409. The highest BCUT2D eigenvalue weighted by atomic mass is 127. The Labute approximate surface area is 134 Å². The molecule has 3 unspecified atom stereocenters. The first-order valence-electron chi connectivity index (χ1n) is 6.22. The Bertz CT molecular complexity index is 324. The first-order chi connectivity index (χ1) is 8.19. The van der Waals surface area contributed by atoms with Gasteiger partial charge in [-0.15, -0.1) is 24.0 Å². The van der Waals surface area contributed by atoms with E-state index in [9.17, 15) is 0 Å². The van der Waals surface area contributed by atoms with Gasteiger partial charge in [0.15, 0.2) is 5.96 Å². The molecule has 0 radical (unpaired) electrons. The average Bonchev–Trinajstić information content (AvgIpc) is 2.88. The van der Waals surface area contributed by atoms with Gasteiger partial charge in [-0.3, -0.25) is 0 Å². The standard InChI is InChI=1S/C12H20BrN3O.HI/c1-3-14-12(15-7-8(2)13)16-10-6-9-4-5-11(10)17-9;/h9-11H,2-7H2,1H3,(H2,14,15,16);1H. The molecule has 2 rings (SSSR count). The molecule has 0 aromatic rings. The van der Waals surface area contributed by atoms with E-state index in [1.807, 2.05) is 0 Å². The number of nitrogens with zero attached hydrogens (tertiary/aromatic N) is 1. The van der Waals surface area contributed by atoms with Gasteiger partial charge in [0.25, 0.3) is 0 Å². The summed E-state index contributed by atoms with van der Waals surface area (Å²) in [6, 6.07) is 0.412. The summed E-state index contributed by atoms with van der Waals surface area (Å²) >= 11 is 3.32. The van der Waals surface area contributed by atoms with Crippen molar-refractivity contribution >= 4 is 45.9 Å². The van der Waals surface area contributed by atoms with E-state index >= 15 is 0 Å². The first kappa shape index (κ1) is 16.2. The van der Waals surface area contributed by atoms with Crippen LogP contribution in [0.4, 0.5) is 0 Å². The number of hydrogen-bond acceptors (Lipinski definition) is 2. The van der Waals surface area contributed by atoms with Crippen LogP contribution in [0.15, 0.2) is 16.1 Å². The number of halogens is 2. The number of guanidine groups is 1. The maximum atomic E-state index is 5.82. The number of ether oxygens (including phenoxy) is 1. The van der Waals surface area contributed by atoms with E-state index in [0.29, 0.717) is 24.8 Å². The van der Waals surface area contributed by atoms with Crippen LogP contribution in [0, 0.1) is 0 Å². The van der Waals surface area contributed by atoms with Crippen molar-refractivity contribution in [3.8, 4) is 0 Å². The molecule has 2 bridgehead atoms. The predicted molar refractivity (Wildman–Crippen MR) is 88.9 cm³/mol. The molecule has 2 saturated heterocycles. The van der Waals surface area contributed by atoms with E-state index in [1.165, 1.54) is 12.8 Å². The van der Waals surface area contributed by atoms with Gasteiger partial charge in [-0.2, -0.15) is 0 Å². The van der Waals surface area contributed by atoms with Crippen LogP contribution in [-0.4, -0.2) is 37.3 Å². The van der Waals surface area contributed by atoms with Crippen LogP contribution in [-0.2, 0) is 4.74 Å². The smallest absolute Gasteiger partial charge is 0.191 e. The van der Waals surface area contributed by atoms with Crippen LogP contribution in [0.2, 0.25) is 0 Å². The lowest BCUT2D eigenvalue weighted by Gasteiger charge is -2.22. The number of nitrogens with one attached hydrogen (secondary N) is 2. The summed E-state index contributed by atoms with van der Waals surface area (Å²) in [6.07, 6.45) is 4.33. The largest absolute Gasteiger partial charge is 0.373 e. The second-order valence-electron chi connectivity index (χ2n) is 4.57. The monoisotopic (exact) mass is 429 g/mol. The van der Waals surface area contributed by atoms with Gasteiger partial charge in [-0.25, -0.2) is 4.99 Å². The number of hydrogen-bond donors (Lipinski definition) is 2. The summed E-state index contributed by atoms with van der Waals surface area (Å²) in [4.78, 5) is 4.45. The Morgan fingerprint density at radius 3 is 2.78 bits per heavy atom. The van der Waals surface area contributed by atoms with E-state index < -0.39 is 0 Å². The topological polar surface area (TPSA) is 45.7 Å². The molecular formula is C12H21BrIN3O. The highest BCUT2D eigenvalue weighted by Crippen LogP contribution is 2.34. The minimum Gasteiger partial charge on any atom is -0.373 e. The normalized spacial score (nSPS) is 29.9. The van der Waals surface area contributed by atoms with Crippen molar-refractivity contribution in [3.05, 3.63) is 11.1 Å². The molecule has 2 fully saturated rings. The zero-order chi connectivity index (χ0) is 12.3. The molecule has 2 aliphatic rings. The molecule has 0 spiro atoms. The van der Waals surface area contributed by atoms with E-state index in [-0.39, 0.29) is 24.0 Å². The maximum absolute atomic E-state index is 5.82. The van der Waals surface area contributed by atoms with Crippen LogP contribution in [0.3, 0.4) is 0 Å². The van der Waals surface area contributed by atoms with Gasteiger partial charge in [-0.1, -0.05) is 22.5 Å². The van der Waals surface area contributed by atoms with E-state index in [1.54, 1.807) is 0 Å². The van der Waals surface area contributed by atoms with Gasteiger partial charge in [-0.05, 0) is 26.2 Å². The molecule has 2 aliphatic heterocycles. The average molecular weight is 430 g/mol. The van der Waals surface area contributed by atoms with Crippen LogP contribution in [0.1, 0.15) is 26.2 Å². The Kier molecular flexibility index (Phi) is 6.94. The molecule has 4 nitrogen and oxygen atoms in total. The van der Waals surface area contributed by atoms with Gasteiger partial charge < -0.3 is 15.4 Å². The highest BCUT2D eigenvalue weighted by molar-refractivity contribution is 14.0. The molecule has 0 amide bonds. The minimum absolute atomic E-state index is 0. The lowest BCUT2D eigenvalue weighted by Crippen LogP contribution is -2.47. The van der Waals surface area contributed by atoms with Gasteiger partial charge in [0.2, 0.25) is 0 Å². The fourth-order valence-electron chi connectivity index (χ4n) is 2.45. The SMILES string of the molecule is C=C(Br)CN=C(NCC)NC1CC2CCC1O2.I. The minimum atomic E-state index is 0. The van der Waals surface area contributed by atoms with E-state index in [0.717, 1.165) is 23.4 Å². The van der Waals surface area contributed by atoms with Crippen molar-refractivity contribution in [2.45, 2.75) is 44.4 Å². The second-order valence-corrected chi connectivity index (χ2v) is 5.69. The molecule has 18 heavy (non-hydrogen) atoms. The van der Waals surface area contributed by atoms with Crippen molar-refractivity contribution in [1.82, 2.24) is 10.6 Å². The number of rotatable bonds is 4. The zero-order valence-corrected chi connectivity index (χ0v) is 14.5. The van der Waals surface area contributed by atoms with Gasteiger partial charge in [0.05, 0.1) is 24.8 Å². The third kappa shape index (κ3) is 4.38. The highest BCUT2D eigenvalue weighted by Gasteiger charge is 2.41. The Morgan fingerprint density at radius 2 is 2.28 bits per heavy atom. The van der Waals surface area contributed by atoms with Crippen molar-refractivity contribution in [1.29, 1.82) is 0 Å². The van der Waals surface area contributed by atoms with Crippen LogP contribution in [0.5, 0.6) is 0 Å². The Morgan fingerprint density at radius 1 is 1.50 bits per heavy atom. The summed E-state index contributed by atoms with van der Waals surface area (Å²) in [5.74, 6) is 0.856. The van der Waals surface area contributed by atoms with Crippen LogP contribution < -0.4 is 10.6 Å². The summed E-state index contributed by atoms with van der Waals surface area (Å²) < 4.78 is 6.71. The predicted octanol–water partition coefficient (Wildman–Crippen LogP) is 2.39. The zero-order valence-electron chi connectivity index (χ0n) is 10.6. The third-order valence-corrected chi connectivity index (χ3v) is 3.43. The fraction of sp³-hybridized carbons (Fsp3) is 0.750. The summed E-state index contributed by atoms with van der Waals surface area (Å²) in [6.45, 7) is 7.31. The summed E-state index contributed by atoms with van der Waals surface area (Å²) in [7, 11) is 0. The van der Waals surface area contributed by atoms with Crippen LogP contribution >= 0.6 is 39.9 Å². The molecule has 104 valence electrons. The second kappa shape index (κ2) is 7.69. The van der Waals surface area contributed by atoms with Crippen LogP contribution in [0.25, 0.3) is 0 Å². The van der Waals surface area contributed by atoms with Crippen molar-refractivity contribution in [2.75, 3.05) is 13.1 Å².